The van der Waals surface area contributed by atoms with E-state index in [4.69, 9.17) is 23.7 Å². The second kappa shape index (κ2) is 12.3. The van der Waals surface area contributed by atoms with Gasteiger partial charge < -0.3 is 28.7 Å². The largest absolute Gasteiger partial charge is 0.456 e. The SMILES string of the molecule is CCC(=O)OC1COC(OC(=O)CCc2c[nH]c3ccccc23)C(OC(=O)CC)C1OC(=O)CC. The number of carbonyl (C=O) groups is 4. The molecule has 0 amide bonds. The number of benzene rings is 1. The quantitative estimate of drug-likeness (QED) is 0.395. The normalized spacial score (nSPS) is 21.8. The number of H-pyrrole nitrogens is 1. The molecule has 0 bridgehead atoms. The zero-order valence-corrected chi connectivity index (χ0v) is 20.1. The van der Waals surface area contributed by atoms with Crippen molar-refractivity contribution in [2.45, 2.75) is 77.5 Å². The van der Waals surface area contributed by atoms with Crippen LogP contribution in [0.3, 0.4) is 0 Å². The third kappa shape index (κ3) is 6.82. The molecule has 10 nitrogen and oxygen atoms in total. The van der Waals surface area contributed by atoms with Crippen molar-refractivity contribution in [1.82, 2.24) is 4.98 Å². The van der Waals surface area contributed by atoms with Gasteiger partial charge in [-0.25, -0.2) is 0 Å². The average Bonchev–Trinajstić information content (AvgIpc) is 3.28. The summed E-state index contributed by atoms with van der Waals surface area (Å²) < 4.78 is 27.4. The van der Waals surface area contributed by atoms with E-state index in [2.05, 4.69) is 4.98 Å². The molecule has 3 rings (SSSR count). The van der Waals surface area contributed by atoms with E-state index < -0.39 is 48.5 Å². The van der Waals surface area contributed by atoms with Crippen LogP contribution in [-0.4, -0.2) is 60.1 Å². The molecule has 1 aromatic heterocycles. The van der Waals surface area contributed by atoms with E-state index in [1.165, 1.54) is 0 Å². The minimum Gasteiger partial charge on any atom is -0.456 e. The number of aromatic nitrogens is 1. The van der Waals surface area contributed by atoms with Crippen LogP contribution < -0.4 is 0 Å². The van der Waals surface area contributed by atoms with Crippen LogP contribution in [0.2, 0.25) is 0 Å². The molecule has 190 valence electrons. The molecule has 0 saturated carbocycles. The molecule has 4 atom stereocenters. The molecule has 35 heavy (non-hydrogen) atoms. The van der Waals surface area contributed by atoms with Crippen molar-refractivity contribution in [3.8, 4) is 0 Å². The van der Waals surface area contributed by atoms with Gasteiger partial charge in [0.2, 0.25) is 12.4 Å². The smallest absolute Gasteiger partial charge is 0.308 e. The van der Waals surface area contributed by atoms with Crippen LogP contribution in [0.1, 0.15) is 52.0 Å². The van der Waals surface area contributed by atoms with E-state index in [-0.39, 0.29) is 32.3 Å². The fourth-order valence-corrected chi connectivity index (χ4v) is 3.70. The Balaban J connectivity index is 1.73. The number of fused-ring (bicyclic) bond motifs is 1. The number of ether oxygens (including phenoxy) is 5. The van der Waals surface area contributed by atoms with Gasteiger partial charge in [0.15, 0.2) is 12.2 Å². The van der Waals surface area contributed by atoms with Crippen LogP contribution in [0.15, 0.2) is 30.5 Å². The number of esters is 4. The van der Waals surface area contributed by atoms with Gasteiger partial charge in [0.1, 0.15) is 0 Å². The molecule has 4 unspecified atom stereocenters. The summed E-state index contributed by atoms with van der Waals surface area (Å²) in [6, 6.07) is 7.74. The minimum absolute atomic E-state index is 0.0333. The zero-order valence-electron chi connectivity index (χ0n) is 20.1. The Labute approximate surface area is 203 Å². The maximum absolute atomic E-state index is 12.7. The van der Waals surface area contributed by atoms with E-state index >= 15 is 0 Å². The second-order valence-corrected chi connectivity index (χ2v) is 8.05. The average molecular weight is 490 g/mol. The van der Waals surface area contributed by atoms with E-state index in [0.29, 0.717) is 6.42 Å². The van der Waals surface area contributed by atoms with Crippen molar-refractivity contribution >= 4 is 34.8 Å². The lowest BCUT2D eigenvalue weighted by atomic mass is 10.0. The Morgan fingerprint density at radius 1 is 0.857 bits per heavy atom. The highest BCUT2D eigenvalue weighted by Crippen LogP contribution is 2.27. The Morgan fingerprint density at radius 3 is 2.17 bits per heavy atom. The number of para-hydroxylation sites is 1. The van der Waals surface area contributed by atoms with Crippen molar-refractivity contribution < 1.29 is 42.9 Å². The van der Waals surface area contributed by atoms with E-state index in [1.807, 2.05) is 30.5 Å². The summed E-state index contributed by atoms with van der Waals surface area (Å²) in [5, 5.41) is 1.01. The molecule has 1 aromatic carbocycles. The van der Waals surface area contributed by atoms with Gasteiger partial charge in [0.25, 0.3) is 0 Å². The summed E-state index contributed by atoms with van der Waals surface area (Å²) in [6.45, 7) is 4.61. The lowest BCUT2D eigenvalue weighted by molar-refractivity contribution is -0.275. The number of nitrogens with one attached hydrogen (secondary N) is 1. The highest BCUT2D eigenvalue weighted by Gasteiger charge is 2.49. The molecular formula is C25H31NO9. The Bertz CT molecular complexity index is 1050. The number of hydrogen-bond donors (Lipinski definition) is 1. The lowest BCUT2D eigenvalue weighted by Gasteiger charge is -2.40. The first kappa shape index (κ1) is 26.2. The first-order valence-electron chi connectivity index (χ1n) is 11.8. The predicted molar refractivity (Wildman–Crippen MR) is 123 cm³/mol. The van der Waals surface area contributed by atoms with Crippen molar-refractivity contribution in [3.63, 3.8) is 0 Å². The second-order valence-electron chi connectivity index (χ2n) is 8.05. The van der Waals surface area contributed by atoms with Gasteiger partial charge in [-0.2, -0.15) is 0 Å². The first-order chi connectivity index (χ1) is 16.9. The topological polar surface area (TPSA) is 130 Å². The molecule has 0 aliphatic carbocycles. The monoisotopic (exact) mass is 489 g/mol. The van der Waals surface area contributed by atoms with E-state index in [0.717, 1.165) is 16.5 Å². The van der Waals surface area contributed by atoms with Gasteiger partial charge in [-0.1, -0.05) is 39.0 Å². The molecule has 2 aromatic rings. The summed E-state index contributed by atoms with van der Waals surface area (Å²) in [7, 11) is 0. The van der Waals surface area contributed by atoms with Crippen LogP contribution in [0.5, 0.6) is 0 Å². The van der Waals surface area contributed by atoms with E-state index in [1.54, 1.807) is 20.8 Å². The van der Waals surface area contributed by atoms with Crippen LogP contribution in [-0.2, 0) is 49.3 Å². The Hall–Kier alpha value is -3.40. The van der Waals surface area contributed by atoms with Gasteiger partial charge >= 0.3 is 23.9 Å². The fourth-order valence-electron chi connectivity index (χ4n) is 3.70. The lowest BCUT2D eigenvalue weighted by Crippen LogP contribution is -2.58. The number of rotatable bonds is 10. The van der Waals surface area contributed by atoms with Gasteiger partial charge in [-0.3, -0.25) is 19.2 Å². The van der Waals surface area contributed by atoms with Crippen LogP contribution in [0.25, 0.3) is 10.9 Å². The van der Waals surface area contributed by atoms with Gasteiger partial charge in [-0.05, 0) is 18.1 Å². The number of hydrogen-bond acceptors (Lipinski definition) is 9. The Kier molecular flexibility index (Phi) is 9.25. The number of aromatic amines is 1. The predicted octanol–water partition coefficient (Wildman–Crippen LogP) is 2.97. The highest BCUT2D eigenvalue weighted by molar-refractivity contribution is 5.83. The maximum Gasteiger partial charge on any atom is 0.308 e. The van der Waals surface area contributed by atoms with E-state index in [9.17, 15) is 19.2 Å². The van der Waals surface area contributed by atoms with Crippen molar-refractivity contribution in [2.75, 3.05) is 6.61 Å². The minimum atomic E-state index is -1.33. The summed E-state index contributed by atoms with van der Waals surface area (Å²) >= 11 is 0. The van der Waals surface area contributed by atoms with Crippen molar-refractivity contribution in [1.29, 1.82) is 0 Å². The number of carbonyl (C=O) groups excluding carboxylic acids is 4. The molecule has 1 saturated heterocycles. The van der Waals surface area contributed by atoms with Gasteiger partial charge in [0.05, 0.1) is 6.61 Å². The molecule has 1 fully saturated rings. The Morgan fingerprint density at radius 2 is 1.49 bits per heavy atom. The first-order valence-corrected chi connectivity index (χ1v) is 11.8. The van der Waals surface area contributed by atoms with Gasteiger partial charge in [0, 0.05) is 42.8 Å². The summed E-state index contributed by atoms with van der Waals surface area (Å²) in [5.41, 5.74) is 1.92. The molecule has 1 N–H and O–H groups in total. The molecule has 0 spiro atoms. The molecule has 10 heteroatoms. The third-order valence-corrected chi connectivity index (χ3v) is 5.59. The van der Waals surface area contributed by atoms with Crippen LogP contribution in [0.4, 0.5) is 0 Å². The molecule has 0 radical (unpaired) electrons. The molecular weight excluding hydrogens is 458 g/mol. The highest BCUT2D eigenvalue weighted by atomic mass is 16.7. The van der Waals surface area contributed by atoms with Crippen LogP contribution in [0, 0.1) is 0 Å². The van der Waals surface area contributed by atoms with Crippen molar-refractivity contribution in [2.24, 2.45) is 0 Å². The standard InChI is InChI=1S/C25H31NO9/c1-4-19(27)32-18-14-31-25(24(34-21(29)6-3)23(18)33-20(28)5-2)35-22(30)12-11-15-13-26-17-10-8-7-9-16(15)17/h7-10,13,18,23-26H,4-6,11-12,14H2,1-3H3. The summed E-state index contributed by atoms with van der Waals surface area (Å²) in [5.74, 6) is -2.32. The fraction of sp³-hybridized carbons (Fsp3) is 0.520. The summed E-state index contributed by atoms with van der Waals surface area (Å²) in [6.07, 6.45) is -2.34. The molecule has 1 aliphatic heterocycles. The maximum atomic E-state index is 12.7. The summed E-state index contributed by atoms with van der Waals surface area (Å²) in [4.78, 5) is 52.0. The van der Waals surface area contributed by atoms with Gasteiger partial charge in [-0.15, -0.1) is 0 Å². The van der Waals surface area contributed by atoms with Crippen LogP contribution >= 0.6 is 0 Å². The number of aryl methyl sites for hydroxylation is 1. The third-order valence-electron chi connectivity index (χ3n) is 5.59. The zero-order chi connectivity index (χ0) is 25.4. The molecule has 1 aliphatic rings. The molecule has 2 heterocycles. The van der Waals surface area contributed by atoms with Crippen molar-refractivity contribution in [3.05, 3.63) is 36.0 Å².